The molecule has 0 aliphatic rings. The zero-order chi connectivity index (χ0) is 12.0. The molecule has 0 aliphatic carbocycles. The Kier molecular flexibility index (Phi) is 4.56. The van der Waals surface area contributed by atoms with Gasteiger partial charge in [0.1, 0.15) is 5.76 Å². The van der Waals surface area contributed by atoms with Crippen molar-refractivity contribution in [2.75, 3.05) is 0 Å². The maximum atomic E-state index is 6.08. The topological polar surface area (TPSA) is 9.23 Å². The highest BCUT2D eigenvalue weighted by atomic mass is 28.4. The number of benzene rings is 1. The number of allylic oxidation sites excluding steroid dienone is 2. The molecule has 0 heterocycles. The normalized spacial score (nSPS) is 12.3. The fourth-order valence-electron chi connectivity index (χ4n) is 1.34. The molecule has 0 spiro atoms. The zero-order valence-electron chi connectivity index (χ0n) is 10.4. The minimum absolute atomic E-state index is 0.842. The van der Waals surface area contributed by atoms with E-state index in [-0.39, 0.29) is 0 Å². The molecule has 0 unspecified atom stereocenters. The van der Waals surface area contributed by atoms with Crippen molar-refractivity contribution >= 4 is 14.1 Å². The van der Waals surface area contributed by atoms with Crippen molar-refractivity contribution < 1.29 is 4.43 Å². The molecule has 0 saturated heterocycles. The summed E-state index contributed by atoms with van der Waals surface area (Å²) in [5, 5.41) is 0. The molecule has 1 aromatic carbocycles. The standard InChI is InChI=1S/C14H20OSi/c1-5-6-12-14(15-16(2,3)4)13-10-8-7-9-11-13/h5,7-12H,1,6H2,2-4H3/b14-12+. The monoisotopic (exact) mass is 232 g/mol. The Hall–Kier alpha value is -1.28. The van der Waals surface area contributed by atoms with E-state index in [0.29, 0.717) is 0 Å². The summed E-state index contributed by atoms with van der Waals surface area (Å²) in [5.41, 5.74) is 1.15. The zero-order valence-corrected chi connectivity index (χ0v) is 11.4. The van der Waals surface area contributed by atoms with Crippen LogP contribution in [0.1, 0.15) is 12.0 Å². The van der Waals surface area contributed by atoms with E-state index in [1.165, 1.54) is 0 Å². The Morgan fingerprint density at radius 3 is 2.38 bits per heavy atom. The third kappa shape index (κ3) is 4.49. The van der Waals surface area contributed by atoms with Crippen molar-refractivity contribution in [3.63, 3.8) is 0 Å². The van der Waals surface area contributed by atoms with Crippen molar-refractivity contribution in [2.45, 2.75) is 26.1 Å². The van der Waals surface area contributed by atoms with Gasteiger partial charge >= 0.3 is 0 Å². The van der Waals surface area contributed by atoms with E-state index in [1.807, 2.05) is 24.3 Å². The van der Waals surface area contributed by atoms with Crippen LogP contribution in [0.4, 0.5) is 0 Å². The first-order valence-corrected chi connectivity index (χ1v) is 8.99. The SMILES string of the molecule is C=CC/C=C(/O[Si](C)(C)C)c1ccccc1. The highest BCUT2D eigenvalue weighted by Gasteiger charge is 2.18. The van der Waals surface area contributed by atoms with Gasteiger partial charge in [0, 0.05) is 5.56 Å². The second-order valence-corrected chi connectivity index (χ2v) is 9.10. The Morgan fingerprint density at radius 2 is 1.88 bits per heavy atom. The van der Waals surface area contributed by atoms with Gasteiger partial charge in [-0.2, -0.15) is 0 Å². The number of hydrogen-bond acceptors (Lipinski definition) is 1. The highest BCUT2D eigenvalue weighted by molar-refractivity contribution is 6.70. The smallest absolute Gasteiger partial charge is 0.242 e. The maximum absolute atomic E-state index is 6.08. The lowest BCUT2D eigenvalue weighted by molar-refractivity contribution is 0.513. The van der Waals surface area contributed by atoms with Crippen molar-refractivity contribution in [1.29, 1.82) is 0 Å². The third-order valence-corrected chi connectivity index (χ3v) is 2.78. The molecule has 0 amide bonds. The van der Waals surface area contributed by atoms with Crippen molar-refractivity contribution in [1.82, 2.24) is 0 Å². The fraction of sp³-hybridized carbons (Fsp3) is 0.286. The summed E-state index contributed by atoms with van der Waals surface area (Å²) in [4.78, 5) is 0. The molecular formula is C14H20OSi. The van der Waals surface area contributed by atoms with Crippen molar-refractivity contribution in [3.05, 3.63) is 54.6 Å². The first-order chi connectivity index (χ1) is 7.53. The van der Waals surface area contributed by atoms with Crippen LogP contribution in [0.15, 0.2) is 49.1 Å². The van der Waals surface area contributed by atoms with Gasteiger partial charge in [-0.15, -0.1) is 6.58 Å². The summed E-state index contributed by atoms with van der Waals surface area (Å²) in [7, 11) is -1.56. The van der Waals surface area contributed by atoms with Crippen LogP contribution in [0.25, 0.3) is 5.76 Å². The van der Waals surface area contributed by atoms with Gasteiger partial charge in [-0.3, -0.25) is 0 Å². The second kappa shape index (κ2) is 5.71. The van der Waals surface area contributed by atoms with Gasteiger partial charge in [0.15, 0.2) is 0 Å². The largest absolute Gasteiger partial charge is 0.544 e. The summed E-state index contributed by atoms with van der Waals surface area (Å²) in [5.74, 6) is 0.986. The van der Waals surface area contributed by atoms with Crippen molar-refractivity contribution in [3.8, 4) is 0 Å². The quantitative estimate of drug-likeness (QED) is 0.414. The van der Waals surface area contributed by atoms with Crippen LogP contribution in [0.2, 0.25) is 19.6 Å². The van der Waals surface area contributed by atoms with Crippen LogP contribution in [-0.4, -0.2) is 8.32 Å². The average Bonchev–Trinajstić information content (AvgIpc) is 2.24. The fourth-order valence-corrected chi connectivity index (χ4v) is 2.20. The van der Waals surface area contributed by atoms with Crippen LogP contribution in [0.3, 0.4) is 0 Å². The van der Waals surface area contributed by atoms with E-state index in [9.17, 15) is 0 Å². The molecule has 0 atom stereocenters. The first kappa shape index (κ1) is 12.8. The van der Waals surface area contributed by atoms with Crippen LogP contribution in [0.5, 0.6) is 0 Å². The molecule has 16 heavy (non-hydrogen) atoms. The first-order valence-electron chi connectivity index (χ1n) is 5.58. The van der Waals surface area contributed by atoms with Crippen LogP contribution in [-0.2, 0) is 4.43 Å². The van der Waals surface area contributed by atoms with Gasteiger partial charge < -0.3 is 4.43 Å². The lowest BCUT2D eigenvalue weighted by atomic mass is 10.1. The molecule has 0 saturated carbocycles. The van der Waals surface area contributed by atoms with Gasteiger partial charge in [-0.25, -0.2) is 0 Å². The molecule has 1 rings (SSSR count). The summed E-state index contributed by atoms with van der Waals surface area (Å²) in [6, 6.07) is 10.2. The molecule has 86 valence electrons. The van der Waals surface area contributed by atoms with E-state index >= 15 is 0 Å². The third-order valence-electron chi connectivity index (χ3n) is 1.94. The van der Waals surface area contributed by atoms with E-state index in [0.717, 1.165) is 17.7 Å². The lowest BCUT2D eigenvalue weighted by Gasteiger charge is -2.22. The molecule has 0 N–H and O–H groups in total. The van der Waals surface area contributed by atoms with Crippen LogP contribution >= 0.6 is 0 Å². The predicted octanol–water partition coefficient (Wildman–Crippen LogP) is 4.46. The Labute approximate surface area is 99.6 Å². The molecule has 0 bridgehead atoms. The summed E-state index contributed by atoms with van der Waals surface area (Å²) < 4.78 is 6.08. The van der Waals surface area contributed by atoms with Gasteiger partial charge in [0.25, 0.3) is 0 Å². The van der Waals surface area contributed by atoms with Gasteiger partial charge in [0.05, 0.1) is 0 Å². The Balaban J connectivity index is 2.93. The molecule has 1 nitrogen and oxygen atoms in total. The van der Waals surface area contributed by atoms with E-state index in [4.69, 9.17) is 4.43 Å². The minimum Gasteiger partial charge on any atom is -0.544 e. The summed E-state index contributed by atoms with van der Waals surface area (Å²) >= 11 is 0. The average molecular weight is 232 g/mol. The number of hydrogen-bond donors (Lipinski definition) is 0. The number of rotatable bonds is 5. The summed E-state index contributed by atoms with van der Waals surface area (Å²) in [6.07, 6.45) is 4.83. The molecule has 0 fully saturated rings. The van der Waals surface area contributed by atoms with E-state index in [1.54, 1.807) is 0 Å². The second-order valence-electron chi connectivity index (χ2n) is 4.67. The lowest BCUT2D eigenvalue weighted by Crippen LogP contribution is -2.24. The van der Waals surface area contributed by atoms with Gasteiger partial charge in [-0.1, -0.05) is 36.4 Å². The van der Waals surface area contributed by atoms with Gasteiger partial charge in [0.2, 0.25) is 8.32 Å². The Morgan fingerprint density at radius 1 is 1.25 bits per heavy atom. The maximum Gasteiger partial charge on any atom is 0.242 e. The molecule has 0 aliphatic heterocycles. The molecule has 1 aromatic rings. The van der Waals surface area contributed by atoms with Crippen LogP contribution in [0, 0.1) is 0 Å². The van der Waals surface area contributed by atoms with Gasteiger partial charge in [-0.05, 0) is 32.1 Å². The predicted molar refractivity (Wildman–Crippen MR) is 73.7 cm³/mol. The van der Waals surface area contributed by atoms with E-state index < -0.39 is 8.32 Å². The minimum atomic E-state index is -1.56. The molecule has 0 radical (unpaired) electrons. The molecular weight excluding hydrogens is 212 g/mol. The molecule has 2 heteroatoms. The van der Waals surface area contributed by atoms with Crippen molar-refractivity contribution in [2.24, 2.45) is 0 Å². The molecule has 0 aromatic heterocycles. The Bertz CT molecular complexity index is 360. The van der Waals surface area contributed by atoms with E-state index in [2.05, 4.69) is 44.4 Å². The summed E-state index contributed by atoms with van der Waals surface area (Å²) in [6.45, 7) is 10.3. The highest BCUT2D eigenvalue weighted by Crippen LogP contribution is 2.21. The van der Waals surface area contributed by atoms with Crippen LogP contribution < -0.4 is 0 Å².